The zero-order valence-electron chi connectivity index (χ0n) is 8.81. The van der Waals surface area contributed by atoms with E-state index in [0.717, 1.165) is 6.07 Å². The highest BCUT2D eigenvalue weighted by Crippen LogP contribution is 2.28. The Balaban J connectivity index is 3.57. The van der Waals surface area contributed by atoms with Gasteiger partial charge in [-0.15, -0.1) is 0 Å². The quantitative estimate of drug-likeness (QED) is 0.273. The van der Waals surface area contributed by atoms with Gasteiger partial charge < -0.3 is 4.74 Å². The smallest absolute Gasteiger partial charge is 0.284 e. The molecule has 0 spiro atoms. The molecule has 0 unspecified atom stereocenters. The summed E-state index contributed by atoms with van der Waals surface area (Å²) in [6.07, 6.45) is 0.394. The van der Waals surface area contributed by atoms with Gasteiger partial charge in [0.15, 0.2) is 12.1 Å². The first-order valence-electron chi connectivity index (χ1n) is 4.46. The van der Waals surface area contributed by atoms with Gasteiger partial charge in [-0.05, 0) is 6.07 Å². The van der Waals surface area contributed by atoms with Crippen LogP contribution in [-0.4, -0.2) is 29.4 Å². The molecule has 0 aliphatic rings. The molecule has 0 N–H and O–H groups in total. The van der Waals surface area contributed by atoms with E-state index in [1.807, 2.05) is 0 Å². The van der Waals surface area contributed by atoms with Crippen LogP contribution in [0, 0.1) is 10.1 Å². The van der Waals surface area contributed by atoms with Crippen LogP contribution in [0.4, 0.5) is 5.69 Å². The Morgan fingerprint density at radius 1 is 1.59 bits per heavy atom. The van der Waals surface area contributed by atoms with Crippen molar-refractivity contribution in [1.82, 2.24) is 0 Å². The number of hydrogen-bond donors (Lipinski definition) is 0. The molecule has 6 nitrogen and oxygen atoms in total. The zero-order valence-corrected chi connectivity index (χ0v) is 10.4. The molecule has 0 radical (unpaired) electrons. The fourth-order valence-electron chi connectivity index (χ4n) is 1.35. The first kappa shape index (κ1) is 13.3. The molecule has 0 fully saturated rings. The van der Waals surface area contributed by atoms with Gasteiger partial charge >= 0.3 is 0 Å². The molecular weight excluding hydrogens is 294 g/mol. The average Bonchev–Trinajstić information content (AvgIpc) is 2.35. The van der Waals surface area contributed by atoms with Crippen molar-refractivity contribution in [2.45, 2.75) is 0 Å². The van der Waals surface area contributed by atoms with Gasteiger partial charge in [-0.2, -0.15) is 0 Å². The molecule has 1 aromatic carbocycles. The minimum atomic E-state index is -0.717. The van der Waals surface area contributed by atoms with Crippen LogP contribution in [0.25, 0.3) is 0 Å². The number of halogens is 1. The van der Waals surface area contributed by atoms with E-state index < -0.39 is 16.4 Å². The number of benzene rings is 1. The largest absolute Gasteiger partial charge is 0.496 e. The maximum atomic E-state index is 11.6. The first-order chi connectivity index (χ1) is 8.04. The number of ketones is 1. The van der Waals surface area contributed by atoms with Crippen molar-refractivity contribution in [1.29, 1.82) is 0 Å². The molecule has 17 heavy (non-hydrogen) atoms. The molecule has 1 aromatic rings. The van der Waals surface area contributed by atoms with Crippen LogP contribution in [0.3, 0.4) is 0 Å². The zero-order chi connectivity index (χ0) is 13.0. The Kier molecular flexibility index (Phi) is 4.33. The summed E-state index contributed by atoms with van der Waals surface area (Å²) in [5, 5.41) is 10.7. The second-order valence-corrected chi connectivity index (χ2v) is 3.60. The maximum Gasteiger partial charge on any atom is 0.284 e. The second kappa shape index (κ2) is 5.53. The van der Waals surface area contributed by atoms with Crippen molar-refractivity contribution in [2.75, 3.05) is 12.4 Å². The third kappa shape index (κ3) is 2.68. The molecule has 0 aliphatic heterocycles. The molecule has 0 aliphatic carbocycles. The van der Waals surface area contributed by atoms with Gasteiger partial charge in [-0.25, -0.2) is 0 Å². The lowest BCUT2D eigenvalue weighted by Crippen LogP contribution is -2.09. The number of nitro groups is 1. The summed E-state index contributed by atoms with van der Waals surface area (Å²) in [6.45, 7) is 0. The van der Waals surface area contributed by atoms with E-state index in [1.54, 1.807) is 0 Å². The van der Waals surface area contributed by atoms with Crippen LogP contribution in [0.1, 0.15) is 20.7 Å². The maximum absolute atomic E-state index is 11.6. The third-order valence-corrected chi connectivity index (χ3v) is 2.59. The topological polar surface area (TPSA) is 86.5 Å². The Morgan fingerprint density at radius 2 is 2.24 bits per heavy atom. The molecular formula is C10H8BrNO5. The monoisotopic (exact) mass is 301 g/mol. The molecule has 7 heteroatoms. The minimum absolute atomic E-state index is 0.0551. The van der Waals surface area contributed by atoms with Crippen molar-refractivity contribution >= 4 is 33.7 Å². The molecule has 0 saturated heterocycles. The number of Topliss-reactive ketones (excluding diaryl/α,β-unsaturated/α-hetero) is 1. The Labute approximate surface area is 105 Å². The highest BCUT2D eigenvalue weighted by molar-refractivity contribution is 9.09. The lowest BCUT2D eigenvalue weighted by atomic mass is 10.0. The molecule has 90 valence electrons. The minimum Gasteiger partial charge on any atom is -0.496 e. The first-order valence-corrected chi connectivity index (χ1v) is 5.58. The van der Waals surface area contributed by atoms with Gasteiger partial charge in [0.25, 0.3) is 5.69 Å². The molecule has 1 rings (SSSR count). The van der Waals surface area contributed by atoms with E-state index in [4.69, 9.17) is 4.74 Å². The normalized spacial score (nSPS) is 9.76. The number of hydrogen-bond acceptors (Lipinski definition) is 5. The van der Waals surface area contributed by atoms with Gasteiger partial charge in [0, 0.05) is 5.56 Å². The van der Waals surface area contributed by atoms with Crippen LogP contribution in [0.5, 0.6) is 5.75 Å². The van der Waals surface area contributed by atoms with Gasteiger partial charge in [-0.1, -0.05) is 15.9 Å². The van der Waals surface area contributed by atoms with Crippen LogP contribution < -0.4 is 4.74 Å². The van der Waals surface area contributed by atoms with Crippen LogP contribution in [-0.2, 0) is 0 Å². The highest BCUT2D eigenvalue weighted by atomic mass is 79.9. The molecule has 0 bridgehead atoms. The number of carbonyl (C=O) groups is 2. The standard InChI is InChI=1S/C10H8BrNO5/c1-17-7-2-6(5-13)10(9(14)4-11)8(3-7)12(15)16/h2-3,5H,4H2,1H3. The van der Waals surface area contributed by atoms with Crippen LogP contribution in [0.2, 0.25) is 0 Å². The lowest BCUT2D eigenvalue weighted by molar-refractivity contribution is -0.385. The fraction of sp³-hybridized carbons (Fsp3) is 0.200. The van der Waals surface area contributed by atoms with Gasteiger partial charge in [0.05, 0.1) is 23.4 Å². The SMILES string of the molecule is COc1cc(C=O)c(C(=O)CBr)c([N+](=O)[O-])c1. The highest BCUT2D eigenvalue weighted by Gasteiger charge is 2.24. The van der Waals surface area contributed by atoms with E-state index in [1.165, 1.54) is 13.2 Å². The number of ether oxygens (including phenoxy) is 1. The van der Waals surface area contributed by atoms with Crippen molar-refractivity contribution in [3.63, 3.8) is 0 Å². The molecule has 0 amide bonds. The number of nitro benzene ring substituents is 1. The summed E-state index contributed by atoms with van der Waals surface area (Å²) in [4.78, 5) is 32.5. The summed E-state index contributed by atoms with van der Waals surface area (Å²) >= 11 is 2.91. The van der Waals surface area contributed by atoms with E-state index in [-0.39, 0.29) is 22.2 Å². The van der Waals surface area contributed by atoms with Crippen LogP contribution >= 0.6 is 15.9 Å². The summed E-state index contributed by atoms with van der Waals surface area (Å²) in [5.74, 6) is -0.369. The molecule has 0 saturated carbocycles. The molecule has 0 heterocycles. The number of rotatable bonds is 5. The number of nitrogens with zero attached hydrogens (tertiary/aromatic N) is 1. The number of carbonyl (C=O) groups excluding carboxylic acids is 2. The van der Waals surface area contributed by atoms with Crippen molar-refractivity contribution in [2.24, 2.45) is 0 Å². The van der Waals surface area contributed by atoms with Crippen molar-refractivity contribution < 1.29 is 19.2 Å². The third-order valence-electron chi connectivity index (χ3n) is 2.08. The Bertz CT molecular complexity index is 486. The molecule has 0 aromatic heterocycles. The van der Waals surface area contributed by atoms with Gasteiger partial charge in [-0.3, -0.25) is 19.7 Å². The number of methoxy groups -OCH3 is 1. The Morgan fingerprint density at radius 3 is 2.65 bits per heavy atom. The van der Waals surface area contributed by atoms with Crippen molar-refractivity contribution in [3.8, 4) is 5.75 Å². The van der Waals surface area contributed by atoms with E-state index in [9.17, 15) is 19.7 Å². The van der Waals surface area contributed by atoms with Gasteiger partial charge in [0.1, 0.15) is 11.3 Å². The predicted molar refractivity (Wildman–Crippen MR) is 63.2 cm³/mol. The van der Waals surface area contributed by atoms with Crippen molar-refractivity contribution in [3.05, 3.63) is 33.4 Å². The van der Waals surface area contributed by atoms with E-state index >= 15 is 0 Å². The second-order valence-electron chi connectivity index (χ2n) is 3.04. The summed E-state index contributed by atoms with van der Waals surface area (Å²) in [7, 11) is 1.32. The summed E-state index contributed by atoms with van der Waals surface area (Å²) in [5.41, 5.74) is -0.695. The Hall–Kier alpha value is -1.76. The van der Waals surface area contributed by atoms with Crippen LogP contribution in [0.15, 0.2) is 12.1 Å². The fourth-order valence-corrected chi connectivity index (χ4v) is 1.63. The molecule has 0 atom stereocenters. The summed E-state index contributed by atoms with van der Waals surface area (Å²) < 4.78 is 4.83. The summed E-state index contributed by atoms with van der Waals surface area (Å²) in [6, 6.07) is 2.40. The number of aldehydes is 1. The predicted octanol–water partition coefficient (Wildman–Crippen LogP) is 1.99. The average molecular weight is 302 g/mol. The number of alkyl halides is 1. The van der Waals surface area contributed by atoms with E-state index in [0.29, 0.717) is 6.29 Å². The van der Waals surface area contributed by atoms with Gasteiger partial charge in [0.2, 0.25) is 0 Å². The lowest BCUT2D eigenvalue weighted by Gasteiger charge is -2.06. The van der Waals surface area contributed by atoms with E-state index in [2.05, 4.69) is 15.9 Å².